The maximum absolute atomic E-state index is 13.6. The Balaban J connectivity index is 2.14. The van der Waals surface area contributed by atoms with E-state index in [1.54, 1.807) is 44.4 Å². The fourth-order valence-corrected chi connectivity index (χ4v) is 4.63. The minimum absolute atomic E-state index is 0.499. The lowest BCUT2D eigenvalue weighted by molar-refractivity contribution is -0.143. The van der Waals surface area contributed by atoms with Gasteiger partial charge in [0.05, 0.1) is 22.7 Å². The molecule has 1 aliphatic rings. The third-order valence-electron chi connectivity index (χ3n) is 6.21. The Morgan fingerprint density at radius 2 is 1.38 bits per heavy atom. The van der Waals surface area contributed by atoms with Crippen LogP contribution in [0.15, 0.2) is 48.5 Å². The molecule has 174 valence electrons. The van der Waals surface area contributed by atoms with Gasteiger partial charge in [-0.1, -0.05) is 49.2 Å². The number of halogens is 6. The number of alkyl halides is 6. The Labute approximate surface area is 182 Å². The number of hydrogen-bond acceptors (Lipinski definition) is 2. The second-order valence-electron chi connectivity index (χ2n) is 8.25. The fourth-order valence-electron chi connectivity index (χ4n) is 4.63. The van der Waals surface area contributed by atoms with Gasteiger partial charge in [0, 0.05) is 5.54 Å². The summed E-state index contributed by atoms with van der Waals surface area (Å²) in [5.41, 5.74) is -4.64. The quantitative estimate of drug-likeness (QED) is 0.552. The van der Waals surface area contributed by atoms with E-state index in [9.17, 15) is 31.1 Å². The minimum Gasteiger partial charge on any atom is -0.343 e. The summed E-state index contributed by atoms with van der Waals surface area (Å²) in [6.07, 6.45) is -7.28. The van der Waals surface area contributed by atoms with E-state index in [1.165, 1.54) is 0 Å². The molecule has 1 aliphatic carbocycles. The first-order valence-electron chi connectivity index (χ1n) is 10.2. The van der Waals surface area contributed by atoms with Gasteiger partial charge in [-0.2, -0.15) is 26.3 Å². The Hall–Kier alpha value is -2.55. The number of likely N-dealkylation sites (N-methyl/N-ethyl adjacent to an activating group) is 1. The molecule has 0 spiro atoms. The molecule has 1 unspecified atom stereocenters. The van der Waals surface area contributed by atoms with E-state index in [-0.39, 0.29) is 0 Å². The predicted molar refractivity (Wildman–Crippen MR) is 108 cm³/mol. The third kappa shape index (κ3) is 4.62. The van der Waals surface area contributed by atoms with Crippen LogP contribution in [0.25, 0.3) is 0 Å². The molecule has 0 aliphatic heterocycles. The molecule has 0 aromatic heterocycles. The van der Waals surface area contributed by atoms with Gasteiger partial charge in [-0.25, -0.2) is 0 Å². The molecule has 1 fully saturated rings. The SMILES string of the molecule is CN(C)C1(C(NC(=O)c2c(C(F)(F)F)cccc2C(F)(F)F)c2ccccc2)CCCC1. The van der Waals surface area contributed by atoms with Crippen LogP contribution in [0.5, 0.6) is 0 Å². The van der Waals surface area contributed by atoms with Gasteiger partial charge < -0.3 is 10.2 Å². The van der Waals surface area contributed by atoms with Crippen LogP contribution in [0.3, 0.4) is 0 Å². The summed E-state index contributed by atoms with van der Waals surface area (Å²) < 4.78 is 81.5. The van der Waals surface area contributed by atoms with E-state index in [2.05, 4.69) is 5.32 Å². The predicted octanol–water partition coefficient (Wildman–Crippen LogP) is 6.07. The van der Waals surface area contributed by atoms with Crippen molar-refractivity contribution in [3.63, 3.8) is 0 Å². The van der Waals surface area contributed by atoms with Gasteiger partial charge in [0.15, 0.2) is 0 Å². The molecule has 3 nitrogen and oxygen atoms in total. The summed E-state index contributed by atoms with van der Waals surface area (Å²) in [4.78, 5) is 15.1. The van der Waals surface area contributed by atoms with E-state index in [0.29, 0.717) is 36.6 Å². The van der Waals surface area contributed by atoms with E-state index in [4.69, 9.17) is 0 Å². The standard InChI is InChI=1S/C23H24F6N2O/c1-31(2)21(13-6-7-14-21)19(15-9-4-3-5-10-15)30-20(32)18-16(22(24,25)26)11-8-12-17(18)23(27,28)29/h3-5,8-12,19H,6-7,13-14H2,1-2H3,(H,30,32). The highest BCUT2D eigenvalue weighted by molar-refractivity contribution is 5.98. The number of nitrogens with zero attached hydrogens (tertiary/aromatic N) is 1. The van der Waals surface area contributed by atoms with Crippen molar-refractivity contribution in [2.24, 2.45) is 0 Å². The van der Waals surface area contributed by atoms with Crippen LogP contribution >= 0.6 is 0 Å². The van der Waals surface area contributed by atoms with Gasteiger partial charge >= 0.3 is 12.4 Å². The summed E-state index contributed by atoms with van der Waals surface area (Å²) in [7, 11) is 3.61. The van der Waals surface area contributed by atoms with Crippen LogP contribution in [0.4, 0.5) is 26.3 Å². The molecule has 0 bridgehead atoms. The van der Waals surface area contributed by atoms with Gasteiger partial charge in [-0.15, -0.1) is 0 Å². The second-order valence-corrected chi connectivity index (χ2v) is 8.25. The van der Waals surface area contributed by atoms with Crippen LogP contribution in [0.2, 0.25) is 0 Å². The van der Waals surface area contributed by atoms with Crippen LogP contribution in [-0.2, 0) is 12.4 Å². The number of amides is 1. The van der Waals surface area contributed by atoms with E-state index in [1.807, 2.05) is 4.90 Å². The summed E-state index contributed by atoms with van der Waals surface area (Å²) >= 11 is 0. The first kappa shape index (κ1) is 24.1. The molecule has 9 heteroatoms. The van der Waals surface area contributed by atoms with Crippen LogP contribution in [-0.4, -0.2) is 30.4 Å². The number of nitrogens with one attached hydrogen (secondary N) is 1. The number of carbonyl (C=O) groups excluding carboxylic acids is 1. The monoisotopic (exact) mass is 458 g/mol. The third-order valence-corrected chi connectivity index (χ3v) is 6.21. The average Bonchev–Trinajstić information content (AvgIpc) is 3.22. The first-order chi connectivity index (χ1) is 14.9. The van der Waals surface area contributed by atoms with E-state index in [0.717, 1.165) is 12.8 Å². The molecule has 0 saturated heterocycles. The molecule has 1 atom stereocenters. The number of hydrogen-bond donors (Lipinski definition) is 1. The number of rotatable bonds is 5. The normalized spacial score (nSPS) is 17.4. The van der Waals surface area contributed by atoms with Crippen LogP contribution in [0.1, 0.15) is 58.8 Å². The Morgan fingerprint density at radius 1 is 0.875 bits per heavy atom. The average molecular weight is 458 g/mol. The molecule has 0 radical (unpaired) electrons. The summed E-state index contributed by atoms with van der Waals surface area (Å²) in [6, 6.07) is 9.49. The fraction of sp³-hybridized carbons (Fsp3) is 0.435. The molecule has 2 aromatic carbocycles. The molecule has 1 N–H and O–H groups in total. The Bertz CT molecular complexity index is 915. The Morgan fingerprint density at radius 3 is 1.81 bits per heavy atom. The highest BCUT2D eigenvalue weighted by Gasteiger charge is 2.47. The van der Waals surface area contributed by atoms with Gasteiger partial charge in [-0.05, 0) is 44.6 Å². The van der Waals surface area contributed by atoms with Crippen LogP contribution in [0, 0.1) is 0 Å². The van der Waals surface area contributed by atoms with Crippen molar-refractivity contribution in [1.29, 1.82) is 0 Å². The van der Waals surface area contributed by atoms with Crippen molar-refractivity contribution in [3.8, 4) is 0 Å². The van der Waals surface area contributed by atoms with Crippen LogP contribution < -0.4 is 5.32 Å². The van der Waals surface area contributed by atoms with Gasteiger partial charge in [-0.3, -0.25) is 4.79 Å². The molecule has 0 heterocycles. The molecule has 2 aromatic rings. The van der Waals surface area contributed by atoms with Gasteiger partial charge in [0.2, 0.25) is 0 Å². The highest BCUT2D eigenvalue weighted by atomic mass is 19.4. The largest absolute Gasteiger partial charge is 0.417 e. The molecule has 1 saturated carbocycles. The van der Waals surface area contributed by atoms with Crippen molar-refractivity contribution in [2.75, 3.05) is 14.1 Å². The molecule has 3 rings (SSSR count). The Kier molecular flexibility index (Phi) is 6.60. The zero-order valence-electron chi connectivity index (χ0n) is 17.6. The molecular weight excluding hydrogens is 434 g/mol. The first-order valence-corrected chi connectivity index (χ1v) is 10.2. The van der Waals surface area contributed by atoms with E-state index < -0.39 is 46.5 Å². The van der Waals surface area contributed by atoms with Crippen molar-refractivity contribution in [3.05, 3.63) is 70.8 Å². The summed E-state index contributed by atoms with van der Waals surface area (Å²) in [5.74, 6) is -1.40. The number of carbonyl (C=O) groups is 1. The number of benzene rings is 2. The lowest BCUT2D eigenvalue weighted by Crippen LogP contribution is -2.53. The molecule has 32 heavy (non-hydrogen) atoms. The maximum atomic E-state index is 13.6. The zero-order chi connectivity index (χ0) is 23.7. The lowest BCUT2D eigenvalue weighted by atomic mass is 9.82. The van der Waals surface area contributed by atoms with Crippen molar-refractivity contribution >= 4 is 5.91 Å². The smallest absolute Gasteiger partial charge is 0.343 e. The van der Waals surface area contributed by atoms with Gasteiger partial charge in [0.1, 0.15) is 0 Å². The van der Waals surface area contributed by atoms with Crippen molar-refractivity contribution in [1.82, 2.24) is 10.2 Å². The summed E-state index contributed by atoms with van der Waals surface area (Å²) in [6.45, 7) is 0. The topological polar surface area (TPSA) is 32.3 Å². The summed E-state index contributed by atoms with van der Waals surface area (Å²) in [5, 5.41) is 2.56. The van der Waals surface area contributed by atoms with Crippen molar-refractivity contribution < 1.29 is 31.1 Å². The zero-order valence-corrected chi connectivity index (χ0v) is 17.6. The molecule has 1 amide bonds. The molecular formula is C23H24F6N2O. The highest BCUT2D eigenvalue weighted by Crippen LogP contribution is 2.45. The van der Waals surface area contributed by atoms with Gasteiger partial charge in [0.25, 0.3) is 5.91 Å². The second kappa shape index (κ2) is 8.77. The maximum Gasteiger partial charge on any atom is 0.417 e. The minimum atomic E-state index is -5.12. The lowest BCUT2D eigenvalue weighted by Gasteiger charge is -2.44. The van der Waals surface area contributed by atoms with Crippen molar-refractivity contribution in [2.45, 2.75) is 49.6 Å². The van der Waals surface area contributed by atoms with E-state index >= 15 is 0 Å².